The fourth-order valence-electron chi connectivity index (χ4n) is 4.89. The number of halogens is 2. The van der Waals surface area contributed by atoms with E-state index in [1.165, 1.54) is 0 Å². The van der Waals surface area contributed by atoms with Gasteiger partial charge in [-0.1, -0.05) is 30.3 Å². The molecule has 35 heavy (non-hydrogen) atoms. The highest BCUT2D eigenvalue weighted by Crippen LogP contribution is 2.35. The maximum absolute atomic E-state index is 13.4. The highest BCUT2D eigenvalue weighted by Gasteiger charge is 2.39. The Morgan fingerprint density at radius 2 is 1.71 bits per heavy atom. The number of hydrogen-bond acceptors (Lipinski definition) is 5. The minimum atomic E-state index is -2.53. The summed E-state index contributed by atoms with van der Waals surface area (Å²) in [6.45, 7) is 1.86. The summed E-state index contributed by atoms with van der Waals surface area (Å²) in [7, 11) is 0. The molecule has 1 atom stereocenters. The fourth-order valence-corrected chi connectivity index (χ4v) is 5.93. The second kappa shape index (κ2) is 9.70. The molecule has 0 aliphatic carbocycles. The van der Waals surface area contributed by atoms with Gasteiger partial charge in [0.2, 0.25) is 11.8 Å². The van der Waals surface area contributed by atoms with Gasteiger partial charge < -0.3 is 4.90 Å². The largest absolute Gasteiger partial charge is 0.322 e. The minimum Gasteiger partial charge on any atom is -0.322 e. The van der Waals surface area contributed by atoms with Crippen LogP contribution in [0.5, 0.6) is 0 Å². The number of piperidine rings is 2. The zero-order valence-electron chi connectivity index (χ0n) is 19.3. The molecule has 2 aromatic carbocycles. The molecule has 1 N–H and O–H groups in total. The number of nitrogens with zero attached hydrogens (tertiary/aromatic N) is 2. The predicted octanol–water partition coefficient (Wildman–Crippen LogP) is 3.97. The van der Waals surface area contributed by atoms with Gasteiger partial charge in [0.15, 0.2) is 0 Å². The van der Waals surface area contributed by atoms with Crippen molar-refractivity contribution >= 4 is 29.5 Å². The van der Waals surface area contributed by atoms with Crippen molar-refractivity contribution in [3.8, 4) is 0 Å². The average molecular weight is 500 g/mol. The second-order valence-electron chi connectivity index (χ2n) is 9.42. The number of fused-ring (bicyclic) bond motifs is 1. The molecule has 0 bridgehead atoms. The summed E-state index contributed by atoms with van der Waals surface area (Å²) < 4.78 is 26.7. The monoisotopic (exact) mass is 499 g/mol. The van der Waals surface area contributed by atoms with Gasteiger partial charge in [-0.05, 0) is 35.2 Å². The van der Waals surface area contributed by atoms with Crippen LogP contribution in [0, 0.1) is 0 Å². The Hall–Kier alpha value is -2.78. The van der Waals surface area contributed by atoms with Crippen molar-refractivity contribution in [3.63, 3.8) is 0 Å². The van der Waals surface area contributed by atoms with Gasteiger partial charge in [0.1, 0.15) is 6.04 Å². The average Bonchev–Trinajstić information content (AvgIpc) is 3.17. The molecule has 2 fully saturated rings. The third kappa shape index (κ3) is 5.26. The molecule has 2 saturated heterocycles. The maximum Gasteiger partial charge on any atom is 0.255 e. The van der Waals surface area contributed by atoms with Crippen LogP contribution in [0.25, 0.3) is 0 Å². The van der Waals surface area contributed by atoms with Crippen LogP contribution in [0.4, 0.5) is 8.78 Å². The van der Waals surface area contributed by atoms with Crippen LogP contribution in [0.1, 0.15) is 52.7 Å². The molecule has 0 radical (unpaired) electrons. The van der Waals surface area contributed by atoms with Gasteiger partial charge in [-0.3, -0.25) is 24.6 Å². The Bertz CT molecular complexity index is 1150. The molecule has 1 unspecified atom stereocenters. The lowest BCUT2D eigenvalue weighted by Crippen LogP contribution is -2.52. The van der Waals surface area contributed by atoms with Crippen LogP contribution in [-0.2, 0) is 28.4 Å². The first-order valence-corrected chi connectivity index (χ1v) is 12.8. The summed E-state index contributed by atoms with van der Waals surface area (Å²) >= 11 is 1.64. The Morgan fingerprint density at radius 3 is 2.43 bits per heavy atom. The van der Waals surface area contributed by atoms with E-state index >= 15 is 0 Å². The van der Waals surface area contributed by atoms with Gasteiger partial charge >= 0.3 is 0 Å². The van der Waals surface area contributed by atoms with E-state index in [0.717, 1.165) is 27.3 Å². The quantitative estimate of drug-likeness (QED) is 0.481. The van der Waals surface area contributed by atoms with E-state index in [0.29, 0.717) is 38.2 Å². The standard InChI is InChI=1S/C26H27F2N3O3S/c27-26(28)10-12-30(13-11-26)14-17-4-6-18(7-5-17)16-35-22-3-1-2-19-20(22)15-31(25(19)34)21-8-9-23(32)29-24(21)33/h1-7,21H,8-16H2,(H,29,32,33). The first-order valence-electron chi connectivity index (χ1n) is 11.9. The van der Waals surface area contributed by atoms with Gasteiger partial charge in [-0.2, -0.15) is 0 Å². The number of amides is 3. The molecular weight excluding hydrogens is 472 g/mol. The summed E-state index contributed by atoms with van der Waals surface area (Å²) in [5, 5.41) is 2.34. The summed E-state index contributed by atoms with van der Waals surface area (Å²) in [5.74, 6) is -2.68. The van der Waals surface area contributed by atoms with Gasteiger partial charge in [-0.25, -0.2) is 8.78 Å². The molecule has 184 valence electrons. The molecule has 0 spiro atoms. The molecule has 0 saturated carbocycles. The number of carbonyl (C=O) groups excluding carboxylic acids is 3. The zero-order chi connectivity index (χ0) is 24.6. The lowest BCUT2D eigenvalue weighted by atomic mass is 10.0. The smallest absolute Gasteiger partial charge is 0.255 e. The van der Waals surface area contributed by atoms with E-state index in [-0.39, 0.29) is 31.1 Å². The van der Waals surface area contributed by atoms with E-state index in [2.05, 4.69) is 22.3 Å². The summed E-state index contributed by atoms with van der Waals surface area (Å²) in [4.78, 5) is 41.4. The number of alkyl halides is 2. The summed E-state index contributed by atoms with van der Waals surface area (Å²) in [5.41, 5.74) is 3.77. The third-order valence-corrected chi connectivity index (χ3v) is 8.12. The molecule has 0 aromatic heterocycles. The minimum absolute atomic E-state index is 0.0768. The number of likely N-dealkylation sites (tertiary alicyclic amines) is 1. The lowest BCUT2D eigenvalue weighted by Gasteiger charge is -2.31. The van der Waals surface area contributed by atoms with Crippen molar-refractivity contribution in [2.24, 2.45) is 0 Å². The van der Waals surface area contributed by atoms with Gasteiger partial charge in [0.05, 0.1) is 0 Å². The van der Waals surface area contributed by atoms with Crippen LogP contribution in [0.15, 0.2) is 47.4 Å². The van der Waals surface area contributed by atoms with Crippen LogP contribution in [-0.4, -0.2) is 52.6 Å². The Balaban J connectivity index is 1.20. The van der Waals surface area contributed by atoms with Gasteiger partial charge in [-0.15, -0.1) is 11.8 Å². The van der Waals surface area contributed by atoms with Crippen molar-refractivity contribution in [2.45, 2.75) is 61.4 Å². The van der Waals surface area contributed by atoms with Crippen LogP contribution >= 0.6 is 11.8 Å². The van der Waals surface area contributed by atoms with E-state index in [1.54, 1.807) is 22.7 Å². The Morgan fingerprint density at radius 1 is 1.00 bits per heavy atom. The molecule has 3 amide bonds. The molecule has 3 aliphatic rings. The van der Waals surface area contributed by atoms with Crippen molar-refractivity contribution in [1.82, 2.24) is 15.1 Å². The summed E-state index contributed by atoms with van der Waals surface area (Å²) in [6.07, 6.45) is 0.427. The number of hydrogen-bond donors (Lipinski definition) is 1. The Labute approximate surface area is 207 Å². The maximum atomic E-state index is 13.4. The predicted molar refractivity (Wildman–Crippen MR) is 128 cm³/mol. The van der Waals surface area contributed by atoms with Crippen LogP contribution < -0.4 is 5.32 Å². The highest BCUT2D eigenvalue weighted by molar-refractivity contribution is 7.98. The normalized spacial score (nSPS) is 22.3. The Kier molecular flexibility index (Phi) is 6.63. The number of thioether (sulfide) groups is 1. The van der Waals surface area contributed by atoms with Crippen molar-refractivity contribution in [2.75, 3.05) is 13.1 Å². The highest BCUT2D eigenvalue weighted by atomic mass is 32.2. The van der Waals surface area contributed by atoms with E-state index in [4.69, 9.17) is 0 Å². The fraction of sp³-hybridized carbons (Fsp3) is 0.423. The van der Waals surface area contributed by atoms with E-state index < -0.39 is 17.9 Å². The molecule has 5 rings (SSSR count). The number of nitrogens with one attached hydrogen (secondary N) is 1. The van der Waals surface area contributed by atoms with Crippen molar-refractivity contribution < 1.29 is 23.2 Å². The number of rotatable bonds is 6. The van der Waals surface area contributed by atoms with Crippen LogP contribution in [0.2, 0.25) is 0 Å². The van der Waals surface area contributed by atoms with Crippen LogP contribution in [0.3, 0.4) is 0 Å². The molecular formula is C26H27F2N3O3S. The SMILES string of the molecule is O=C1CCC(N2Cc3c(SCc4ccc(CN5CCC(F)(F)CC5)cc4)cccc3C2=O)C(=O)N1. The molecule has 6 nitrogen and oxygen atoms in total. The topological polar surface area (TPSA) is 69.7 Å². The zero-order valence-corrected chi connectivity index (χ0v) is 20.1. The van der Waals surface area contributed by atoms with E-state index in [1.807, 2.05) is 24.3 Å². The number of benzene rings is 2. The third-order valence-electron chi connectivity index (χ3n) is 6.95. The lowest BCUT2D eigenvalue weighted by molar-refractivity contribution is -0.136. The van der Waals surface area contributed by atoms with Crippen molar-refractivity contribution in [3.05, 3.63) is 64.7 Å². The summed E-state index contributed by atoms with van der Waals surface area (Å²) in [6, 6.07) is 13.2. The molecule has 9 heteroatoms. The van der Waals surface area contributed by atoms with Gasteiger partial charge in [0, 0.05) is 61.7 Å². The van der Waals surface area contributed by atoms with Gasteiger partial charge in [0.25, 0.3) is 11.8 Å². The first kappa shape index (κ1) is 23.9. The molecule has 3 aliphatic heterocycles. The second-order valence-corrected chi connectivity index (χ2v) is 10.4. The van der Waals surface area contributed by atoms with E-state index in [9.17, 15) is 23.2 Å². The molecule has 2 aromatic rings. The first-order chi connectivity index (χ1) is 16.8. The molecule has 3 heterocycles. The number of imide groups is 1. The van der Waals surface area contributed by atoms with Crippen molar-refractivity contribution in [1.29, 1.82) is 0 Å². The number of carbonyl (C=O) groups is 3.